The number of thiol groups is 1. The molecule has 3 N–H and O–H groups in total. The van der Waals surface area contributed by atoms with Gasteiger partial charge in [-0.1, -0.05) is 55.6 Å². The number of carboxylic acid groups (broad SMARTS) is 2. The molecule has 3 aromatic heterocycles. The fourth-order valence-corrected chi connectivity index (χ4v) is 15.3. The van der Waals surface area contributed by atoms with E-state index < -0.39 is 230 Å². The zero-order valence-corrected chi connectivity index (χ0v) is 59.0. The molecule has 2 aliphatic carbocycles. The highest BCUT2D eigenvalue weighted by Gasteiger charge is 2.68. The standard InChI is InChI=1S/C65H68ClF10N8O15PS2/c1-32(2)98-100(92,99-33(3)4)97-30-36-12-10-11-35(24-50(86)84-47(59(88)89)17-18-48(84)60(90)91)54(36)61(5,6)27-51(87)83(101(93)94)28-46-53-44(66)16-15-41(56(53)82(79-46)31-63(69,70)71)40-14-13-39(19-20-62(7,8)102(9,95)96)77-55(40)45(23-34-21-37(67)25-38(68)22-34)78-49(85)29-81-58-52(57(80-81)65(74,75)76)42-26-43(42)64(58,72)73/h10-16,21-22,25,32-33,42-43,45,47-48,101H,17-18,23-24,26-31H2,1-9H3,(H,78,85)(H,88,89)(H,90,91)/t42-,43+,45-,47-,48-/m0/s1. The van der Waals surface area contributed by atoms with Crippen LogP contribution in [0.3, 0.4) is 0 Å². The number of carbonyl (C=O) groups excluding carboxylic acids is 3. The lowest BCUT2D eigenvalue weighted by Crippen LogP contribution is -2.48. The first-order chi connectivity index (χ1) is 47.1. The van der Waals surface area contributed by atoms with Crippen LogP contribution in [-0.2, 0) is 119 Å². The fraction of sp³-hybridized carbons (Fsp3) is 0.477. The Hall–Kier alpha value is -8.00. The number of phosphoric ester groups is 1. The molecule has 0 bridgehead atoms. The number of hydrogen-bond donors (Lipinski definition) is 4. The Morgan fingerprint density at radius 2 is 1.46 bits per heavy atom. The van der Waals surface area contributed by atoms with Gasteiger partial charge in [-0.25, -0.2) is 49.1 Å². The van der Waals surface area contributed by atoms with Crippen LogP contribution in [0.4, 0.5) is 43.9 Å². The number of rotatable bonds is 26. The molecule has 4 heterocycles. The van der Waals surface area contributed by atoms with Crippen molar-refractivity contribution in [1.29, 1.82) is 0 Å². The largest absolute Gasteiger partial charge is 0.480 e. The number of likely N-dealkylation sites (tertiary alicyclic amines) is 1. The summed E-state index contributed by atoms with van der Waals surface area (Å²) >= 11 is 6.88. The van der Waals surface area contributed by atoms with E-state index in [-0.39, 0.29) is 67.3 Å². The fourth-order valence-electron chi connectivity index (χ4n) is 12.8. The number of fused-ring (bicyclic) bond motifs is 4. The summed E-state index contributed by atoms with van der Waals surface area (Å²) in [5.41, 5.74) is -8.39. The second kappa shape index (κ2) is 28.9. The molecule has 3 amide bonds. The lowest BCUT2D eigenvalue weighted by atomic mass is 9.75. The molecule has 23 nitrogen and oxygen atoms in total. The van der Waals surface area contributed by atoms with Gasteiger partial charge in [0.05, 0.1) is 59.7 Å². The first kappa shape index (κ1) is 78.1. The highest BCUT2D eigenvalue weighted by molar-refractivity contribution is 7.92. The van der Waals surface area contributed by atoms with Crippen LogP contribution in [0.2, 0.25) is 5.02 Å². The van der Waals surface area contributed by atoms with E-state index in [2.05, 4.69) is 32.3 Å². The van der Waals surface area contributed by atoms with Gasteiger partial charge in [-0.05, 0) is 137 Å². The Morgan fingerprint density at radius 3 is 2.02 bits per heavy atom. The Balaban J connectivity index is 1.17. The van der Waals surface area contributed by atoms with Gasteiger partial charge in [-0.15, -0.1) is 0 Å². The van der Waals surface area contributed by atoms with E-state index in [1.807, 2.05) is 0 Å². The van der Waals surface area contributed by atoms with Gasteiger partial charge in [-0.3, -0.25) is 37.3 Å². The van der Waals surface area contributed by atoms with Gasteiger partial charge in [0, 0.05) is 46.7 Å². The SMILES string of the molecule is CC(C)OP(=O)(OCc1cccc(CC(=O)N2[C@H](C(=O)O)CC[C@H]2C(=O)O)c1C(C)(C)CC(=O)N(Cc1nn(CC(F)(F)F)c2c(-c3ccc(C#CC(C)(C)S(C)(=O)=O)nc3[C@H](Cc3cc(F)cc(F)c3)NC(=O)Cn3nc(C(F)(F)F)c4c3C(F)(F)[C@@H]3C[C@H]43)ccc(Cl)c12)[SH](=O)=O)OC(C)C. The van der Waals surface area contributed by atoms with E-state index in [4.69, 9.17) is 25.2 Å². The molecule has 3 aromatic carbocycles. The number of amides is 3. The highest BCUT2D eigenvalue weighted by atomic mass is 35.5. The summed E-state index contributed by atoms with van der Waals surface area (Å²) in [5.74, 6) is -10.6. The number of carbonyl (C=O) groups is 5. The number of benzene rings is 3. The molecule has 1 saturated heterocycles. The summed E-state index contributed by atoms with van der Waals surface area (Å²) in [6.07, 6.45) is -14.3. The average molecular weight is 1520 g/mol. The molecular formula is C65H68ClF10N8O15PS2. The van der Waals surface area contributed by atoms with Gasteiger partial charge in [0.1, 0.15) is 52.9 Å². The van der Waals surface area contributed by atoms with Crippen molar-refractivity contribution in [2.24, 2.45) is 5.92 Å². The minimum Gasteiger partial charge on any atom is -0.480 e. The summed E-state index contributed by atoms with van der Waals surface area (Å²) in [5, 5.41) is 29.2. The van der Waals surface area contributed by atoms with Crippen molar-refractivity contribution in [2.45, 2.75) is 185 Å². The van der Waals surface area contributed by atoms with E-state index in [1.54, 1.807) is 0 Å². The lowest BCUT2D eigenvalue weighted by molar-refractivity contribution is -0.155. The van der Waals surface area contributed by atoms with E-state index in [0.29, 0.717) is 15.6 Å². The quantitative estimate of drug-likeness (QED) is 0.0170. The molecule has 102 heavy (non-hydrogen) atoms. The predicted molar refractivity (Wildman–Crippen MR) is 345 cm³/mol. The zero-order valence-electron chi connectivity index (χ0n) is 55.7. The van der Waals surface area contributed by atoms with Gasteiger partial charge in [-0.2, -0.15) is 45.3 Å². The topological polar surface area (TPSA) is 306 Å². The molecule has 552 valence electrons. The van der Waals surface area contributed by atoms with E-state index in [0.717, 1.165) is 42.7 Å². The number of hydrogen-bond acceptors (Lipinski definition) is 16. The number of carboxylic acids is 2. The Bertz CT molecular complexity index is 4620. The number of halogens is 11. The predicted octanol–water partition coefficient (Wildman–Crippen LogP) is 11.1. The Kier molecular flexibility index (Phi) is 22.2. The van der Waals surface area contributed by atoms with Crippen LogP contribution in [0, 0.1) is 29.4 Å². The molecule has 9 rings (SSSR count). The number of aliphatic carboxylic acids is 2. The van der Waals surface area contributed by atoms with Crippen molar-refractivity contribution >= 4 is 80.7 Å². The first-order valence-electron chi connectivity index (χ1n) is 31.3. The molecule has 3 aliphatic rings. The second-order valence-electron chi connectivity index (χ2n) is 26.6. The van der Waals surface area contributed by atoms with Crippen LogP contribution in [0.15, 0.2) is 60.7 Å². The molecular weight excluding hydrogens is 1450 g/mol. The minimum atomic E-state index is -5.28. The van der Waals surface area contributed by atoms with Gasteiger partial charge in [0.25, 0.3) is 5.92 Å². The number of phosphoric acid groups is 1. The maximum absolute atomic E-state index is 15.8. The van der Waals surface area contributed by atoms with Crippen molar-refractivity contribution in [3.8, 4) is 23.0 Å². The van der Waals surface area contributed by atoms with Gasteiger partial charge >= 0.3 is 32.1 Å². The van der Waals surface area contributed by atoms with Crippen LogP contribution in [0.1, 0.15) is 149 Å². The van der Waals surface area contributed by atoms with E-state index in [1.165, 1.54) is 73.6 Å². The Morgan fingerprint density at radius 1 is 0.863 bits per heavy atom. The van der Waals surface area contributed by atoms with Crippen LogP contribution in [-0.4, -0.2) is 132 Å². The van der Waals surface area contributed by atoms with Crippen molar-refractivity contribution < 1.29 is 113 Å². The Labute approximate surface area is 583 Å². The van der Waals surface area contributed by atoms with Crippen molar-refractivity contribution in [1.82, 2.24) is 39.1 Å². The zero-order chi connectivity index (χ0) is 75.6. The van der Waals surface area contributed by atoms with Crippen molar-refractivity contribution in [2.75, 3.05) is 6.26 Å². The summed E-state index contributed by atoms with van der Waals surface area (Å²) < 4.78 is 233. The second-order valence-corrected chi connectivity index (χ2v) is 32.1. The number of sulfone groups is 1. The van der Waals surface area contributed by atoms with Gasteiger partial charge in [0.2, 0.25) is 28.6 Å². The van der Waals surface area contributed by atoms with Crippen LogP contribution in [0.5, 0.6) is 0 Å². The van der Waals surface area contributed by atoms with Crippen LogP contribution >= 0.6 is 19.4 Å². The third-order valence-corrected chi connectivity index (χ3v) is 22.2. The third-order valence-electron chi connectivity index (χ3n) is 17.3. The monoisotopic (exact) mass is 1520 g/mol. The summed E-state index contributed by atoms with van der Waals surface area (Å²) in [6, 6.07) is 5.68. The maximum atomic E-state index is 15.8. The van der Waals surface area contributed by atoms with E-state index >= 15 is 30.7 Å². The van der Waals surface area contributed by atoms with Gasteiger partial charge in [0.15, 0.2) is 15.5 Å². The molecule has 1 saturated carbocycles. The first-order valence-corrected chi connectivity index (χ1v) is 36.2. The van der Waals surface area contributed by atoms with Crippen molar-refractivity contribution in [3.63, 3.8) is 0 Å². The molecule has 37 heteroatoms. The number of alkyl halides is 8. The van der Waals surface area contributed by atoms with Crippen LogP contribution < -0.4 is 5.32 Å². The van der Waals surface area contributed by atoms with Crippen molar-refractivity contribution in [3.05, 3.63) is 134 Å². The maximum Gasteiger partial charge on any atom is 0.475 e. The molecule has 2 fully saturated rings. The minimum absolute atomic E-state index is 0.00995. The number of aromatic nitrogens is 5. The number of pyridine rings is 1. The molecule has 0 unspecified atom stereocenters. The average Bonchev–Trinajstić information content (AvgIpc) is 1.51. The summed E-state index contributed by atoms with van der Waals surface area (Å²) in [7, 11) is -12.6. The van der Waals surface area contributed by atoms with E-state index in [9.17, 15) is 68.8 Å². The summed E-state index contributed by atoms with van der Waals surface area (Å²) in [4.78, 5) is 73.8. The molecule has 1 aliphatic heterocycles. The normalized spacial score (nSPS) is 18.0. The third kappa shape index (κ3) is 17.0. The van der Waals surface area contributed by atoms with Crippen LogP contribution in [0.25, 0.3) is 22.0 Å². The lowest BCUT2D eigenvalue weighted by Gasteiger charge is -2.32. The molecule has 0 radical (unpaired) electrons. The number of nitrogens with zero attached hydrogens (tertiary/aromatic N) is 7. The molecule has 6 aromatic rings. The molecule has 0 spiro atoms. The summed E-state index contributed by atoms with van der Waals surface area (Å²) in [6.45, 7) is 6.12. The smallest absolute Gasteiger partial charge is 0.475 e. The molecule has 5 atom stereocenters. The van der Waals surface area contributed by atoms with Gasteiger partial charge < -0.3 is 20.4 Å². The highest BCUT2D eigenvalue weighted by Crippen LogP contribution is 2.68. The number of nitrogens with one attached hydrogen (secondary N) is 1.